The lowest BCUT2D eigenvalue weighted by Gasteiger charge is -2.32. The third-order valence-corrected chi connectivity index (χ3v) is 7.00. The Morgan fingerprint density at radius 2 is 2.06 bits per heavy atom. The van der Waals surface area contributed by atoms with E-state index < -0.39 is 0 Å². The monoisotopic (exact) mass is 422 g/mol. The summed E-state index contributed by atoms with van der Waals surface area (Å²) in [5.74, 6) is 0. The van der Waals surface area contributed by atoms with Crippen LogP contribution in [0.5, 0.6) is 0 Å². The highest BCUT2D eigenvalue weighted by Crippen LogP contribution is 2.41. The van der Waals surface area contributed by atoms with Gasteiger partial charge in [-0.15, -0.1) is 0 Å². The van der Waals surface area contributed by atoms with Crippen molar-refractivity contribution < 1.29 is 4.84 Å². The van der Waals surface area contributed by atoms with Crippen molar-refractivity contribution in [2.45, 2.75) is 88.9 Å². The third-order valence-electron chi connectivity index (χ3n) is 7.00. The SMILES string of the molecule is CCn1ncc2c(NC3CCCCC3)c(C3=CC4(CCC(N=[N+]=[N-])CC4)ON3)cnc21. The van der Waals surface area contributed by atoms with Crippen LogP contribution in [0.2, 0.25) is 0 Å². The molecule has 2 saturated carbocycles. The average Bonchev–Trinajstić information content (AvgIpc) is 3.41. The van der Waals surface area contributed by atoms with Gasteiger partial charge in [-0.3, -0.25) is 10.3 Å². The lowest BCUT2D eigenvalue weighted by molar-refractivity contribution is -0.0580. The molecule has 3 heterocycles. The Hall–Kier alpha value is -2.77. The fourth-order valence-electron chi connectivity index (χ4n) is 5.21. The summed E-state index contributed by atoms with van der Waals surface area (Å²) >= 11 is 0. The molecule has 1 spiro atoms. The molecule has 0 radical (unpaired) electrons. The van der Waals surface area contributed by atoms with Crippen LogP contribution in [0.3, 0.4) is 0 Å². The minimum Gasteiger partial charge on any atom is -0.381 e. The van der Waals surface area contributed by atoms with Crippen LogP contribution in [-0.4, -0.2) is 32.4 Å². The molecule has 1 aliphatic heterocycles. The van der Waals surface area contributed by atoms with Gasteiger partial charge in [-0.25, -0.2) is 9.67 Å². The predicted octanol–water partition coefficient (Wildman–Crippen LogP) is 5.06. The number of hydroxylamine groups is 1. The zero-order chi connectivity index (χ0) is 21.3. The van der Waals surface area contributed by atoms with Crippen LogP contribution in [0.25, 0.3) is 27.2 Å². The van der Waals surface area contributed by atoms with Gasteiger partial charge in [-0.2, -0.15) is 5.10 Å². The van der Waals surface area contributed by atoms with Crippen LogP contribution in [-0.2, 0) is 11.4 Å². The summed E-state index contributed by atoms with van der Waals surface area (Å²) < 4.78 is 1.94. The number of hydrogen-bond acceptors (Lipinski definition) is 6. The smallest absolute Gasteiger partial charge is 0.159 e. The predicted molar refractivity (Wildman–Crippen MR) is 120 cm³/mol. The summed E-state index contributed by atoms with van der Waals surface area (Å²) in [5.41, 5.74) is 15.6. The van der Waals surface area contributed by atoms with Gasteiger partial charge in [0.05, 0.1) is 23.0 Å². The number of anilines is 1. The summed E-state index contributed by atoms with van der Waals surface area (Å²) in [6.45, 7) is 2.87. The molecule has 2 aromatic heterocycles. The number of rotatable bonds is 5. The molecular weight excluding hydrogens is 392 g/mol. The first kappa shape index (κ1) is 20.2. The summed E-state index contributed by atoms with van der Waals surface area (Å²) in [6, 6.07) is 0.539. The molecule has 0 saturated heterocycles. The van der Waals surface area contributed by atoms with Crippen LogP contribution < -0.4 is 10.8 Å². The van der Waals surface area contributed by atoms with Crippen LogP contribution in [0, 0.1) is 0 Å². The molecule has 0 amide bonds. The first-order chi connectivity index (χ1) is 15.2. The van der Waals surface area contributed by atoms with E-state index in [-0.39, 0.29) is 11.6 Å². The normalized spacial score (nSPS) is 26.5. The van der Waals surface area contributed by atoms with E-state index in [1.54, 1.807) is 0 Å². The molecule has 9 nitrogen and oxygen atoms in total. The first-order valence-electron chi connectivity index (χ1n) is 11.5. The topological polar surface area (TPSA) is 113 Å². The third kappa shape index (κ3) is 3.83. The molecule has 2 N–H and O–H groups in total. The molecule has 164 valence electrons. The van der Waals surface area contributed by atoms with E-state index in [4.69, 9.17) is 15.4 Å². The summed E-state index contributed by atoms with van der Waals surface area (Å²) in [6.07, 6.45) is 15.7. The van der Waals surface area contributed by atoms with Crippen molar-refractivity contribution in [3.8, 4) is 0 Å². The van der Waals surface area contributed by atoms with Crippen LogP contribution in [0.15, 0.2) is 23.6 Å². The van der Waals surface area contributed by atoms with Gasteiger partial charge in [0.15, 0.2) is 5.65 Å². The number of aryl methyl sites for hydroxylation is 1. The van der Waals surface area contributed by atoms with E-state index in [1.165, 1.54) is 32.1 Å². The molecule has 31 heavy (non-hydrogen) atoms. The summed E-state index contributed by atoms with van der Waals surface area (Å²) in [5, 5.41) is 13.3. The van der Waals surface area contributed by atoms with Crippen molar-refractivity contribution in [1.29, 1.82) is 0 Å². The number of nitrogens with zero attached hydrogens (tertiary/aromatic N) is 6. The lowest BCUT2D eigenvalue weighted by atomic mass is 9.82. The van der Waals surface area contributed by atoms with Crippen molar-refractivity contribution in [1.82, 2.24) is 20.2 Å². The first-order valence-corrected chi connectivity index (χ1v) is 11.5. The number of fused-ring (bicyclic) bond motifs is 1. The largest absolute Gasteiger partial charge is 0.381 e. The van der Waals surface area contributed by atoms with Crippen molar-refractivity contribution in [3.05, 3.63) is 34.5 Å². The van der Waals surface area contributed by atoms with Crippen LogP contribution in [0.4, 0.5) is 5.69 Å². The maximum Gasteiger partial charge on any atom is 0.159 e. The van der Waals surface area contributed by atoms with Gasteiger partial charge >= 0.3 is 0 Å². The quantitative estimate of drug-likeness (QED) is 0.397. The van der Waals surface area contributed by atoms with E-state index in [9.17, 15) is 0 Å². The maximum atomic E-state index is 8.72. The minimum absolute atomic E-state index is 0.0677. The minimum atomic E-state index is -0.346. The van der Waals surface area contributed by atoms with E-state index in [1.807, 2.05) is 17.1 Å². The fourth-order valence-corrected chi connectivity index (χ4v) is 5.21. The standard InChI is InChI=1S/C22H30N8O/c1-2-30-21-18(14-25-30)20(26-15-6-4-3-5-7-15)17(13-24-21)19-12-22(31-28-19)10-8-16(9-11-22)27-29-23/h12-16,28H,2-11H2,1H3,(H,24,26). The van der Waals surface area contributed by atoms with Gasteiger partial charge in [-0.05, 0) is 57.1 Å². The van der Waals surface area contributed by atoms with Gasteiger partial charge in [0.2, 0.25) is 0 Å². The lowest BCUT2D eigenvalue weighted by Crippen LogP contribution is -2.35. The Kier molecular flexibility index (Phi) is 5.46. The number of nitrogens with one attached hydrogen (secondary N) is 2. The van der Waals surface area contributed by atoms with Crippen molar-refractivity contribution in [3.63, 3.8) is 0 Å². The summed E-state index contributed by atoms with van der Waals surface area (Å²) in [7, 11) is 0. The van der Waals surface area contributed by atoms with E-state index >= 15 is 0 Å². The second kappa shape index (κ2) is 8.40. The molecule has 9 heteroatoms. The Morgan fingerprint density at radius 1 is 1.26 bits per heavy atom. The molecule has 2 aliphatic carbocycles. The number of azide groups is 1. The highest BCUT2D eigenvalue weighted by atomic mass is 16.7. The van der Waals surface area contributed by atoms with Gasteiger partial charge < -0.3 is 5.32 Å². The van der Waals surface area contributed by atoms with Crippen LogP contribution >= 0.6 is 0 Å². The van der Waals surface area contributed by atoms with Gasteiger partial charge in [0.25, 0.3) is 0 Å². The molecular formula is C22H30N8O. The average molecular weight is 423 g/mol. The number of aromatic nitrogens is 3. The number of hydrogen-bond donors (Lipinski definition) is 2. The van der Waals surface area contributed by atoms with Gasteiger partial charge in [0, 0.05) is 35.3 Å². The molecule has 2 aromatic rings. The summed E-state index contributed by atoms with van der Waals surface area (Å²) in [4.78, 5) is 13.8. The van der Waals surface area contributed by atoms with Crippen molar-refractivity contribution in [2.75, 3.05) is 5.32 Å². The zero-order valence-electron chi connectivity index (χ0n) is 18.0. The zero-order valence-corrected chi connectivity index (χ0v) is 18.0. The fraction of sp³-hybridized carbons (Fsp3) is 0.636. The van der Waals surface area contributed by atoms with Crippen molar-refractivity contribution >= 4 is 22.4 Å². The van der Waals surface area contributed by atoms with Gasteiger partial charge in [0.1, 0.15) is 5.60 Å². The Morgan fingerprint density at radius 3 is 2.81 bits per heavy atom. The maximum absolute atomic E-state index is 8.72. The highest BCUT2D eigenvalue weighted by molar-refractivity contribution is 5.95. The Balaban J connectivity index is 1.49. The molecule has 0 unspecified atom stereocenters. The molecule has 0 atom stereocenters. The van der Waals surface area contributed by atoms with E-state index in [0.29, 0.717) is 6.04 Å². The molecule has 0 bridgehead atoms. The Bertz CT molecular complexity index is 1020. The van der Waals surface area contributed by atoms with Crippen LogP contribution in [0.1, 0.15) is 70.3 Å². The van der Waals surface area contributed by atoms with E-state index in [2.05, 4.69) is 38.9 Å². The highest BCUT2D eigenvalue weighted by Gasteiger charge is 2.39. The molecule has 2 fully saturated rings. The van der Waals surface area contributed by atoms with E-state index in [0.717, 1.165) is 60.2 Å². The number of pyridine rings is 1. The van der Waals surface area contributed by atoms with Crippen molar-refractivity contribution in [2.24, 2.45) is 5.11 Å². The molecule has 5 rings (SSSR count). The van der Waals surface area contributed by atoms with Gasteiger partial charge in [-0.1, -0.05) is 24.4 Å². The second-order valence-electron chi connectivity index (χ2n) is 8.99. The second-order valence-corrected chi connectivity index (χ2v) is 8.99. The molecule has 0 aromatic carbocycles. The molecule has 3 aliphatic rings. The Labute approximate surface area is 181 Å².